The van der Waals surface area contributed by atoms with Crippen molar-refractivity contribution in [2.24, 2.45) is 0 Å². The van der Waals surface area contributed by atoms with Gasteiger partial charge in [0.05, 0.1) is 12.6 Å². The molecule has 0 bridgehead atoms. The van der Waals surface area contributed by atoms with Gasteiger partial charge in [0.2, 0.25) is 0 Å². The molecule has 1 unspecified atom stereocenters. The van der Waals surface area contributed by atoms with E-state index in [9.17, 15) is 4.79 Å². The molecule has 3 rings (SSSR count). The first-order chi connectivity index (χ1) is 8.33. The summed E-state index contributed by atoms with van der Waals surface area (Å²) in [6.45, 7) is 2.36. The van der Waals surface area contributed by atoms with Crippen LogP contribution in [0.1, 0.15) is 22.3 Å². The Morgan fingerprint density at radius 2 is 2.33 bits per heavy atom. The van der Waals surface area contributed by atoms with Crippen LogP contribution in [0.5, 0.6) is 0 Å². The molecule has 0 radical (unpaired) electrons. The summed E-state index contributed by atoms with van der Waals surface area (Å²) in [5.41, 5.74) is 3.14. The molecule has 98 valence electrons. The largest absolute Gasteiger partial charge is 0.384 e. The van der Waals surface area contributed by atoms with Crippen LogP contribution in [-0.4, -0.2) is 31.7 Å². The number of carbonyl (C=O) groups is 1. The van der Waals surface area contributed by atoms with Crippen molar-refractivity contribution < 1.29 is 9.53 Å². The van der Waals surface area contributed by atoms with Crippen LogP contribution in [0, 0.1) is 0 Å². The van der Waals surface area contributed by atoms with Gasteiger partial charge in [-0.1, -0.05) is 0 Å². The van der Waals surface area contributed by atoms with Gasteiger partial charge in [0.25, 0.3) is 5.91 Å². The second kappa shape index (κ2) is 5.59. The standard InChI is InChI=1S/C13H16N2O2.ClH/c16-13(15-11-4-6-17-8-11)10-1-2-12-9(7-10)3-5-14-12;/h1-2,7,11,14H,3-6,8H2,(H,15,16);1H. The summed E-state index contributed by atoms with van der Waals surface area (Å²) in [4.78, 5) is 12.0. The number of ether oxygens (including phenoxy) is 1. The number of nitrogens with one attached hydrogen (secondary N) is 2. The Morgan fingerprint density at radius 1 is 1.44 bits per heavy atom. The molecule has 18 heavy (non-hydrogen) atoms. The average Bonchev–Trinajstić information content (AvgIpc) is 2.97. The quantitative estimate of drug-likeness (QED) is 0.857. The molecule has 2 aliphatic rings. The van der Waals surface area contributed by atoms with Crippen molar-refractivity contribution in [3.63, 3.8) is 0 Å². The maximum Gasteiger partial charge on any atom is 0.251 e. The van der Waals surface area contributed by atoms with Gasteiger partial charge in [0, 0.05) is 24.4 Å². The summed E-state index contributed by atoms with van der Waals surface area (Å²) in [6, 6.07) is 6.03. The van der Waals surface area contributed by atoms with E-state index >= 15 is 0 Å². The van der Waals surface area contributed by atoms with Crippen molar-refractivity contribution in [2.45, 2.75) is 18.9 Å². The van der Waals surface area contributed by atoms with Crippen LogP contribution in [0.15, 0.2) is 18.2 Å². The summed E-state index contributed by atoms with van der Waals surface area (Å²) in [6.07, 6.45) is 1.92. The number of carbonyl (C=O) groups excluding carboxylic acids is 1. The van der Waals surface area contributed by atoms with Crippen molar-refractivity contribution in [3.8, 4) is 0 Å². The molecule has 2 N–H and O–H groups in total. The lowest BCUT2D eigenvalue weighted by Crippen LogP contribution is -2.35. The maximum atomic E-state index is 12.0. The number of hydrogen-bond acceptors (Lipinski definition) is 3. The molecule has 0 saturated carbocycles. The minimum atomic E-state index is 0. The van der Waals surface area contributed by atoms with Crippen molar-refractivity contribution in [3.05, 3.63) is 29.3 Å². The average molecular weight is 269 g/mol. The van der Waals surface area contributed by atoms with E-state index in [-0.39, 0.29) is 24.4 Å². The molecule has 1 aromatic rings. The zero-order chi connectivity index (χ0) is 11.7. The molecule has 0 aromatic heterocycles. The first kappa shape index (κ1) is 13.2. The Balaban J connectivity index is 0.00000120. The monoisotopic (exact) mass is 268 g/mol. The van der Waals surface area contributed by atoms with Gasteiger partial charge in [-0.3, -0.25) is 4.79 Å². The van der Waals surface area contributed by atoms with E-state index in [4.69, 9.17) is 4.74 Å². The second-order valence-corrected chi connectivity index (χ2v) is 4.58. The highest BCUT2D eigenvalue weighted by Gasteiger charge is 2.19. The van der Waals surface area contributed by atoms with Gasteiger partial charge >= 0.3 is 0 Å². The normalized spacial score (nSPS) is 20.8. The highest BCUT2D eigenvalue weighted by molar-refractivity contribution is 5.95. The smallest absolute Gasteiger partial charge is 0.251 e. The third kappa shape index (κ3) is 2.60. The van der Waals surface area contributed by atoms with Crippen molar-refractivity contribution in [1.82, 2.24) is 5.32 Å². The molecule has 0 spiro atoms. The van der Waals surface area contributed by atoms with E-state index in [1.54, 1.807) is 0 Å². The van der Waals surface area contributed by atoms with Crippen molar-refractivity contribution >= 4 is 24.0 Å². The minimum absolute atomic E-state index is 0. The van der Waals surface area contributed by atoms with Crippen molar-refractivity contribution in [1.29, 1.82) is 0 Å². The molecule has 1 aromatic carbocycles. The number of anilines is 1. The Bertz CT molecular complexity index is 445. The Morgan fingerprint density at radius 3 is 3.11 bits per heavy atom. The van der Waals surface area contributed by atoms with Crippen LogP contribution >= 0.6 is 12.4 Å². The summed E-state index contributed by atoms with van der Waals surface area (Å²) in [7, 11) is 0. The zero-order valence-corrected chi connectivity index (χ0v) is 10.9. The number of benzene rings is 1. The van der Waals surface area contributed by atoms with E-state index in [0.717, 1.165) is 37.2 Å². The van der Waals surface area contributed by atoms with E-state index in [1.165, 1.54) is 5.56 Å². The van der Waals surface area contributed by atoms with Crippen LogP contribution < -0.4 is 10.6 Å². The number of halogens is 1. The molecular formula is C13H17ClN2O2. The molecule has 1 fully saturated rings. The second-order valence-electron chi connectivity index (χ2n) is 4.58. The lowest BCUT2D eigenvalue weighted by atomic mass is 10.1. The minimum Gasteiger partial charge on any atom is -0.384 e. The predicted molar refractivity (Wildman–Crippen MR) is 72.6 cm³/mol. The van der Waals surface area contributed by atoms with E-state index in [1.807, 2.05) is 18.2 Å². The summed E-state index contributed by atoms with van der Waals surface area (Å²) >= 11 is 0. The van der Waals surface area contributed by atoms with Gasteiger partial charge in [-0.15, -0.1) is 12.4 Å². The molecule has 1 saturated heterocycles. The topological polar surface area (TPSA) is 50.4 Å². The van der Waals surface area contributed by atoms with Gasteiger partial charge < -0.3 is 15.4 Å². The fraction of sp³-hybridized carbons (Fsp3) is 0.462. The summed E-state index contributed by atoms with van der Waals surface area (Å²) < 4.78 is 5.24. The molecule has 5 heteroatoms. The Labute approximate surface area is 113 Å². The number of fused-ring (bicyclic) bond motifs is 1. The molecule has 2 heterocycles. The lowest BCUT2D eigenvalue weighted by molar-refractivity contribution is 0.0930. The Hall–Kier alpha value is -1.26. The molecule has 0 aliphatic carbocycles. The van der Waals surface area contributed by atoms with Gasteiger partial charge in [0.1, 0.15) is 0 Å². The third-order valence-corrected chi connectivity index (χ3v) is 3.34. The van der Waals surface area contributed by atoms with Gasteiger partial charge in [-0.2, -0.15) is 0 Å². The Kier molecular flexibility index (Phi) is 4.09. The number of rotatable bonds is 2. The van der Waals surface area contributed by atoms with E-state index in [0.29, 0.717) is 6.61 Å². The van der Waals surface area contributed by atoms with Crippen LogP contribution in [0.25, 0.3) is 0 Å². The first-order valence-corrected chi connectivity index (χ1v) is 6.08. The van der Waals surface area contributed by atoms with Crippen LogP contribution in [0.3, 0.4) is 0 Å². The van der Waals surface area contributed by atoms with Gasteiger partial charge in [0.15, 0.2) is 0 Å². The van der Waals surface area contributed by atoms with Crippen molar-refractivity contribution in [2.75, 3.05) is 25.1 Å². The van der Waals surface area contributed by atoms with Gasteiger partial charge in [-0.25, -0.2) is 0 Å². The fourth-order valence-electron chi connectivity index (χ4n) is 2.36. The van der Waals surface area contributed by atoms with Crippen LogP contribution in [-0.2, 0) is 11.2 Å². The van der Waals surface area contributed by atoms with Crippen LogP contribution in [0.2, 0.25) is 0 Å². The van der Waals surface area contributed by atoms with E-state index < -0.39 is 0 Å². The highest BCUT2D eigenvalue weighted by atomic mass is 35.5. The molecule has 2 aliphatic heterocycles. The maximum absolute atomic E-state index is 12.0. The summed E-state index contributed by atoms with van der Waals surface area (Å²) in [5, 5.41) is 6.29. The zero-order valence-electron chi connectivity index (χ0n) is 10.1. The third-order valence-electron chi connectivity index (χ3n) is 3.34. The predicted octanol–water partition coefficient (Wildman–Crippen LogP) is 1.60. The lowest BCUT2D eigenvalue weighted by Gasteiger charge is -2.11. The highest BCUT2D eigenvalue weighted by Crippen LogP contribution is 2.23. The van der Waals surface area contributed by atoms with E-state index in [2.05, 4.69) is 10.6 Å². The molecular weight excluding hydrogens is 252 g/mol. The molecule has 4 nitrogen and oxygen atoms in total. The summed E-state index contributed by atoms with van der Waals surface area (Å²) in [5.74, 6) is 0.00944. The molecule has 1 atom stereocenters. The SMILES string of the molecule is Cl.O=C(NC1CCOC1)c1ccc2c(c1)CCN2. The number of amides is 1. The number of hydrogen-bond donors (Lipinski definition) is 2. The van der Waals surface area contributed by atoms with Gasteiger partial charge in [-0.05, 0) is 36.6 Å². The fourth-order valence-corrected chi connectivity index (χ4v) is 2.36. The molecule has 1 amide bonds. The first-order valence-electron chi connectivity index (χ1n) is 6.08. The van der Waals surface area contributed by atoms with Crippen LogP contribution in [0.4, 0.5) is 5.69 Å².